The maximum Gasteiger partial charge on any atom is 0.192 e. The average Bonchev–Trinajstić information content (AvgIpc) is 3.12. The van der Waals surface area contributed by atoms with E-state index < -0.39 is 0 Å². The zero-order valence-corrected chi connectivity index (χ0v) is 12.8. The van der Waals surface area contributed by atoms with Crippen molar-refractivity contribution in [1.82, 2.24) is 10.0 Å². The van der Waals surface area contributed by atoms with Crippen molar-refractivity contribution in [2.24, 2.45) is 0 Å². The monoisotopic (exact) mass is 313 g/mol. The third-order valence-corrected chi connectivity index (χ3v) is 4.63. The summed E-state index contributed by atoms with van der Waals surface area (Å²) in [6, 6.07) is 16.9. The maximum atomic E-state index is 13.3. The topological polar surface area (TPSA) is 9.72 Å². The van der Waals surface area contributed by atoms with Crippen molar-refractivity contribution in [3.63, 3.8) is 0 Å². The molecule has 0 radical (unpaired) electrons. The van der Waals surface area contributed by atoms with Gasteiger partial charge in [0.1, 0.15) is 12.0 Å². The number of hydrogen-bond acceptors (Lipinski definition) is 2. The second-order valence-corrected chi connectivity index (χ2v) is 5.92. The normalized spacial score (nSPS) is 21.5. The molecule has 112 valence electrons. The third kappa shape index (κ3) is 2.09. The predicted molar refractivity (Wildman–Crippen MR) is 88.7 cm³/mol. The van der Waals surface area contributed by atoms with Gasteiger partial charge in [-0.1, -0.05) is 30.3 Å². The number of halogens is 1. The summed E-state index contributed by atoms with van der Waals surface area (Å²) in [5, 5.41) is 5.26. The molecule has 2 saturated heterocycles. The Balaban J connectivity index is 1.80. The van der Waals surface area contributed by atoms with Crippen LogP contribution < -0.4 is 4.90 Å². The number of nitrogens with zero attached hydrogens (tertiary/aromatic N) is 3. The van der Waals surface area contributed by atoms with Crippen LogP contribution in [0, 0.1) is 5.82 Å². The van der Waals surface area contributed by atoms with Crippen LogP contribution in [-0.2, 0) is 0 Å². The van der Waals surface area contributed by atoms with Gasteiger partial charge in [0.2, 0.25) is 0 Å². The zero-order chi connectivity index (χ0) is 15.1. The first-order valence-corrected chi connectivity index (χ1v) is 7.84. The number of thiocarbonyl (C=S) groups is 1. The van der Waals surface area contributed by atoms with Crippen LogP contribution in [0.3, 0.4) is 0 Å². The average molecular weight is 313 g/mol. The molecule has 3 nitrogen and oxygen atoms in total. The van der Waals surface area contributed by atoms with Gasteiger partial charge >= 0.3 is 0 Å². The van der Waals surface area contributed by atoms with Gasteiger partial charge in [-0.15, -0.1) is 0 Å². The lowest BCUT2D eigenvalue weighted by molar-refractivity contribution is 0.0923. The van der Waals surface area contributed by atoms with Gasteiger partial charge in [-0.3, -0.25) is 9.91 Å². The number of hydrazine groups is 1. The van der Waals surface area contributed by atoms with Crippen molar-refractivity contribution >= 4 is 23.0 Å². The Labute approximate surface area is 134 Å². The summed E-state index contributed by atoms with van der Waals surface area (Å²) in [4.78, 5) is 2.15. The largest absolute Gasteiger partial charge is 0.296 e. The number of benzene rings is 2. The minimum atomic E-state index is -0.214. The van der Waals surface area contributed by atoms with Gasteiger partial charge in [0, 0.05) is 18.8 Å². The van der Waals surface area contributed by atoms with Crippen LogP contribution in [-0.4, -0.2) is 28.2 Å². The second-order valence-electron chi connectivity index (χ2n) is 5.55. The molecule has 2 fully saturated rings. The first-order valence-electron chi connectivity index (χ1n) is 7.43. The fraction of sp³-hybridized carbons (Fsp3) is 0.235. The molecule has 5 heteroatoms. The maximum absolute atomic E-state index is 13.3. The minimum absolute atomic E-state index is 0.00185. The van der Waals surface area contributed by atoms with E-state index in [-0.39, 0.29) is 12.0 Å². The fourth-order valence-electron chi connectivity index (χ4n) is 3.25. The number of para-hydroxylation sites is 1. The Morgan fingerprint density at radius 2 is 1.68 bits per heavy atom. The SMILES string of the molecule is Fc1ccc([C@@H]2N(c3ccccc3)C(=S)N3CCCN23)cc1. The molecule has 0 N–H and O–H groups in total. The molecule has 2 aliphatic rings. The number of anilines is 1. The highest BCUT2D eigenvalue weighted by Gasteiger charge is 2.45. The summed E-state index contributed by atoms with van der Waals surface area (Å²) in [7, 11) is 0. The lowest BCUT2D eigenvalue weighted by Crippen LogP contribution is -2.32. The molecule has 2 aromatic carbocycles. The van der Waals surface area contributed by atoms with Crippen LogP contribution in [0.5, 0.6) is 0 Å². The van der Waals surface area contributed by atoms with Crippen molar-refractivity contribution in [2.45, 2.75) is 12.6 Å². The summed E-state index contributed by atoms with van der Waals surface area (Å²) in [5.41, 5.74) is 2.12. The highest BCUT2D eigenvalue weighted by molar-refractivity contribution is 7.80. The molecule has 0 aromatic heterocycles. The van der Waals surface area contributed by atoms with Crippen LogP contribution in [0.25, 0.3) is 0 Å². The van der Waals surface area contributed by atoms with Gasteiger partial charge in [-0.05, 0) is 48.5 Å². The van der Waals surface area contributed by atoms with Crippen molar-refractivity contribution in [3.8, 4) is 0 Å². The van der Waals surface area contributed by atoms with Crippen molar-refractivity contribution in [2.75, 3.05) is 18.0 Å². The molecule has 2 heterocycles. The Bertz CT molecular complexity index is 689. The van der Waals surface area contributed by atoms with E-state index in [0.29, 0.717) is 0 Å². The van der Waals surface area contributed by atoms with Crippen LogP contribution in [0.1, 0.15) is 18.2 Å². The van der Waals surface area contributed by atoms with E-state index >= 15 is 0 Å². The van der Waals surface area contributed by atoms with Crippen LogP contribution in [0.4, 0.5) is 10.1 Å². The summed E-state index contributed by atoms with van der Waals surface area (Å²) in [6.07, 6.45) is 1.10. The molecular formula is C17H16FN3S. The molecular weight excluding hydrogens is 297 g/mol. The second kappa shape index (κ2) is 5.34. The molecule has 22 heavy (non-hydrogen) atoms. The van der Waals surface area contributed by atoms with Gasteiger partial charge < -0.3 is 0 Å². The number of fused-ring (bicyclic) bond motifs is 1. The number of hydrogen-bond donors (Lipinski definition) is 0. The van der Waals surface area contributed by atoms with Crippen LogP contribution >= 0.6 is 12.2 Å². The quantitative estimate of drug-likeness (QED) is 0.784. The fourth-order valence-corrected chi connectivity index (χ4v) is 3.65. The first-order chi connectivity index (χ1) is 10.8. The molecule has 0 spiro atoms. The summed E-state index contributed by atoms with van der Waals surface area (Å²) in [5.74, 6) is -0.214. The van der Waals surface area contributed by atoms with E-state index in [1.54, 1.807) is 0 Å². The van der Waals surface area contributed by atoms with E-state index in [1.165, 1.54) is 12.1 Å². The van der Waals surface area contributed by atoms with Gasteiger partial charge in [-0.2, -0.15) is 5.01 Å². The van der Waals surface area contributed by atoms with E-state index in [4.69, 9.17) is 12.2 Å². The van der Waals surface area contributed by atoms with Gasteiger partial charge in [0.25, 0.3) is 0 Å². The van der Waals surface area contributed by atoms with Gasteiger partial charge in [0.15, 0.2) is 5.11 Å². The highest BCUT2D eigenvalue weighted by atomic mass is 32.1. The smallest absolute Gasteiger partial charge is 0.192 e. The molecule has 0 saturated carbocycles. The Morgan fingerprint density at radius 1 is 0.955 bits per heavy atom. The van der Waals surface area contributed by atoms with Crippen LogP contribution in [0.15, 0.2) is 54.6 Å². The molecule has 4 rings (SSSR count). The third-order valence-electron chi connectivity index (χ3n) is 4.22. The van der Waals surface area contributed by atoms with E-state index in [0.717, 1.165) is 35.9 Å². The lowest BCUT2D eigenvalue weighted by Gasteiger charge is -2.28. The van der Waals surface area contributed by atoms with Gasteiger partial charge in [-0.25, -0.2) is 4.39 Å². The molecule has 2 aliphatic heterocycles. The highest BCUT2D eigenvalue weighted by Crippen LogP contribution is 2.40. The molecule has 0 aliphatic carbocycles. The molecule has 1 atom stereocenters. The van der Waals surface area contributed by atoms with Crippen molar-refractivity contribution < 1.29 is 4.39 Å². The summed E-state index contributed by atoms with van der Waals surface area (Å²) in [6.45, 7) is 1.91. The predicted octanol–water partition coefficient (Wildman–Crippen LogP) is 3.55. The first kappa shape index (κ1) is 13.7. The Morgan fingerprint density at radius 3 is 2.41 bits per heavy atom. The van der Waals surface area contributed by atoms with Crippen LogP contribution in [0.2, 0.25) is 0 Å². The molecule has 2 aromatic rings. The Kier molecular flexibility index (Phi) is 3.32. The van der Waals surface area contributed by atoms with Gasteiger partial charge in [0.05, 0.1) is 0 Å². The minimum Gasteiger partial charge on any atom is -0.296 e. The summed E-state index contributed by atoms with van der Waals surface area (Å²) < 4.78 is 13.3. The van der Waals surface area contributed by atoms with E-state index in [2.05, 4.69) is 27.1 Å². The van der Waals surface area contributed by atoms with E-state index in [1.807, 2.05) is 30.3 Å². The molecule has 0 amide bonds. The Hall–Kier alpha value is -1.98. The van der Waals surface area contributed by atoms with E-state index in [9.17, 15) is 4.39 Å². The standard InChI is InChI=1S/C17H16FN3S/c18-14-9-7-13(8-10-14)16-19-11-4-12-20(19)17(22)21(16)15-5-2-1-3-6-15/h1-3,5-10,16H,4,11-12H2/t16-/m0/s1. The molecule has 0 unspecified atom stereocenters. The number of rotatable bonds is 2. The summed E-state index contributed by atoms with van der Waals surface area (Å²) >= 11 is 5.70. The molecule has 0 bridgehead atoms. The zero-order valence-electron chi connectivity index (χ0n) is 12.0. The van der Waals surface area contributed by atoms with Crippen molar-refractivity contribution in [1.29, 1.82) is 0 Å². The van der Waals surface area contributed by atoms with Crippen molar-refractivity contribution in [3.05, 3.63) is 66.0 Å². The lowest BCUT2D eigenvalue weighted by atomic mass is 10.1.